The zero-order valence-electron chi connectivity index (χ0n) is 8.50. The summed E-state index contributed by atoms with van der Waals surface area (Å²) < 4.78 is 6.65. The minimum atomic E-state index is 0.802. The third kappa shape index (κ3) is 4.11. The molecule has 1 rings (SSSR count). The van der Waals surface area contributed by atoms with Crippen LogP contribution >= 0.6 is 15.9 Å². The molecule has 2 nitrogen and oxygen atoms in total. The average molecular weight is 259 g/mol. The summed E-state index contributed by atoms with van der Waals surface area (Å²) in [7, 11) is 2.09. The fourth-order valence-electron chi connectivity index (χ4n) is 1.19. The van der Waals surface area contributed by atoms with Crippen LogP contribution in [0.15, 0.2) is 28.7 Å². The van der Waals surface area contributed by atoms with Gasteiger partial charge in [-0.25, -0.2) is 0 Å². The summed E-state index contributed by atoms with van der Waals surface area (Å²) in [6.07, 6.45) is 2.33. The molecule has 0 heterocycles. The number of benzene rings is 1. The molecule has 14 heavy (non-hydrogen) atoms. The predicted molar refractivity (Wildman–Crippen MR) is 61.6 cm³/mol. The number of nitrogens with two attached hydrogens (primary N) is 1. The molecule has 0 aromatic heterocycles. The van der Waals surface area contributed by atoms with Crippen LogP contribution in [0.4, 0.5) is 0 Å². The van der Waals surface area contributed by atoms with Gasteiger partial charge in [-0.2, -0.15) is 0 Å². The molecule has 0 unspecified atom stereocenters. The highest BCUT2D eigenvalue weighted by molar-refractivity contribution is 9.10. The van der Waals surface area contributed by atoms with Gasteiger partial charge in [0, 0.05) is 0 Å². The van der Waals surface area contributed by atoms with Gasteiger partial charge in [-0.05, 0) is 40.9 Å². The number of ether oxygens (including phenoxy) is 1. The number of rotatable bonds is 6. The largest absolute Gasteiger partial charge is 0.492 e. The number of hydrogen-bond acceptors (Lipinski definition) is 1. The summed E-state index contributed by atoms with van der Waals surface area (Å²) >= 11 is 3.45. The molecule has 0 aliphatic carbocycles. The van der Waals surface area contributed by atoms with Crippen LogP contribution in [0.25, 0.3) is 0 Å². The van der Waals surface area contributed by atoms with Crippen LogP contribution in [-0.2, 0) is 0 Å². The second kappa shape index (κ2) is 6.85. The van der Waals surface area contributed by atoms with Crippen molar-refractivity contribution in [1.82, 2.24) is 0 Å². The van der Waals surface area contributed by atoms with Crippen LogP contribution in [-0.4, -0.2) is 20.2 Å². The molecule has 3 heteroatoms. The molecule has 0 bridgehead atoms. The monoisotopic (exact) mass is 258 g/mol. The van der Waals surface area contributed by atoms with Crippen molar-refractivity contribution in [2.24, 2.45) is 0 Å². The Morgan fingerprint density at radius 2 is 2.07 bits per heavy atom. The van der Waals surface area contributed by atoms with E-state index in [1.54, 1.807) is 0 Å². The van der Waals surface area contributed by atoms with Gasteiger partial charge in [-0.1, -0.05) is 12.1 Å². The van der Waals surface area contributed by atoms with E-state index in [1.807, 2.05) is 24.3 Å². The number of unbranched alkanes of at least 4 members (excludes halogenated alkanes) is 1. The predicted octanol–water partition coefficient (Wildman–Crippen LogP) is 1.80. The summed E-state index contributed by atoms with van der Waals surface area (Å²) in [4.78, 5) is 0. The van der Waals surface area contributed by atoms with Crippen molar-refractivity contribution in [2.45, 2.75) is 12.8 Å². The van der Waals surface area contributed by atoms with Gasteiger partial charge in [0.25, 0.3) is 0 Å². The topological polar surface area (TPSA) is 25.8 Å². The minimum Gasteiger partial charge on any atom is -0.492 e. The molecule has 0 atom stereocenters. The summed E-state index contributed by atoms with van der Waals surface area (Å²) in [6, 6.07) is 7.95. The smallest absolute Gasteiger partial charge is 0.133 e. The highest BCUT2D eigenvalue weighted by atomic mass is 79.9. The normalized spacial score (nSPS) is 10.1. The van der Waals surface area contributed by atoms with Gasteiger partial charge in [0.05, 0.1) is 24.7 Å². The molecule has 0 spiro atoms. The van der Waals surface area contributed by atoms with Gasteiger partial charge >= 0.3 is 0 Å². The van der Waals surface area contributed by atoms with E-state index in [9.17, 15) is 0 Å². The fraction of sp³-hybridized carbons (Fsp3) is 0.455. The summed E-state index contributed by atoms with van der Waals surface area (Å²) in [5, 5.41) is 2.19. The maximum absolute atomic E-state index is 5.62. The first-order valence-corrected chi connectivity index (χ1v) is 5.79. The average Bonchev–Trinajstić information content (AvgIpc) is 2.20. The van der Waals surface area contributed by atoms with Gasteiger partial charge in [0.1, 0.15) is 5.75 Å². The lowest BCUT2D eigenvalue weighted by Crippen LogP contribution is -2.79. The van der Waals surface area contributed by atoms with Gasteiger partial charge in [0.15, 0.2) is 0 Å². The van der Waals surface area contributed by atoms with E-state index in [0.717, 1.165) is 23.2 Å². The highest BCUT2D eigenvalue weighted by Crippen LogP contribution is 2.23. The molecule has 0 saturated carbocycles. The summed E-state index contributed by atoms with van der Waals surface area (Å²) in [5.41, 5.74) is 0. The van der Waals surface area contributed by atoms with E-state index < -0.39 is 0 Å². The Morgan fingerprint density at radius 1 is 1.29 bits per heavy atom. The number of hydrogen-bond donors (Lipinski definition) is 1. The molecule has 78 valence electrons. The SMILES string of the molecule is C[NH2+]CCCCOc1ccccc1Br. The van der Waals surface area contributed by atoms with Crippen LogP contribution in [0.1, 0.15) is 12.8 Å². The van der Waals surface area contributed by atoms with E-state index in [2.05, 4.69) is 28.3 Å². The van der Waals surface area contributed by atoms with Crippen molar-refractivity contribution in [3.63, 3.8) is 0 Å². The van der Waals surface area contributed by atoms with Crippen molar-refractivity contribution in [2.75, 3.05) is 20.2 Å². The van der Waals surface area contributed by atoms with Crippen LogP contribution in [0.2, 0.25) is 0 Å². The van der Waals surface area contributed by atoms with Crippen molar-refractivity contribution in [3.8, 4) is 5.75 Å². The Morgan fingerprint density at radius 3 is 2.79 bits per heavy atom. The summed E-state index contributed by atoms with van der Waals surface area (Å²) in [5.74, 6) is 0.938. The molecular formula is C11H17BrNO+. The Kier molecular flexibility index (Phi) is 5.64. The molecular weight excluding hydrogens is 242 g/mol. The van der Waals surface area contributed by atoms with E-state index >= 15 is 0 Å². The lowest BCUT2D eigenvalue weighted by molar-refractivity contribution is -0.627. The quantitative estimate of drug-likeness (QED) is 0.774. The highest BCUT2D eigenvalue weighted by Gasteiger charge is 1.98. The third-order valence-electron chi connectivity index (χ3n) is 1.98. The number of para-hydroxylation sites is 1. The van der Waals surface area contributed by atoms with Gasteiger partial charge in [-0.3, -0.25) is 0 Å². The summed E-state index contributed by atoms with van der Waals surface area (Å²) in [6.45, 7) is 1.98. The van der Waals surface area contributed by atoms with Gasteiger partial charge in [-0.15, -0.1) is 0 Å². The van der Waals surface area contributed by atoms with Crippen molar-refractivity contribution in [1.29, 1.82) is 0 Å². The molecule has 0 saturated heterocycles. The van der Waals surface area contributed by atoms with Crippen molar-refractivity contribution < 1.29 is 10.1 Å². The Labute approximate surface area is 93.8 Å². The third-order valence-corrected chi connectivity index (χ3v) is 2.64. The molecule has 2 N–H and O–H groups in total. The van der Waals surface area contributed by atoms with Crippen LogP contribution in [0, 0.1) is 0 Å². The van der Waals surface area contributed by atoms with E-state index in [-0.39, 0.29) is 0 Å². The lowest BCUT2D eigenvalue weighted by atomic mass is 10.3. The first-order valence-electron chi connectivity index (χ1n) is 4.99. The van der Waals surface area contributed by atoms with Crippen LogP contribution in [0.5, 0.6) is 5.75 Å². The maximum atomic E-state index is 5.62. The molecule has 0 fully saturated rings. The fourth-order valence-corrected chi connectivity index (χ4v) is 1.59. The zero-order chi connectivity index (χ0) is 10.2. The first kappa shape index (κ1) is 11.5. The zero-order valence-corrected chi connectivity index (χ0v) is 10.1. The second-order valence-electron chi connectivity index (χ2n) is 3.18. The van der Waals surface area contributed by atoms with Gasteiger partial charge < -0.3 is 10.1 Å². The lowest BCUT2D eigenvalue weighted by Gasteiger charge is -2.06. The van der Waals surface area contributed by atoms with Crippen molar-refractivity contribution >= 4 is 15.9 Å². The second-order valence-corrected chi connectivity index (χ2v) is 4.04. The van der Waals surface area contributed by atoms with E-state index in [1.165, 1.54) is 13.0 Å². The Hall–Kier alpha value is -0.540. The maximum Gasteiger partial charge on any atom is 0.133 e. The van der Waals surface area contributed by atoms with Gasteiger partial charge in [0.2, 0.25) is 0 Å². The van der Waals surface area contributed by atoms with E-state index in [0.29, 0.717) is 0 Å². The Bertz CT molecular complexity index is 265. The number of quaternary nitrogens is 1. The first-order chi connectivity index (χ1) is 6.84. The minimum absolute atomic E-state index is 0.802. The van der Waals surface area contributed by atoms with Crippen LogP contribution < -0.4 is 10.1 Å². The number of halogens is 1. The molecule has 0 radical (unpaired) electrons. The molecule has 1 aromatic carbocycles. The van der Waals surface area contributed by atoms with Crippen molar-refractivity contribution in [3.05, 3.63) is 28.7 Å². The standard InChI is InChI=1S/C11H16BrNO/c1-13-8-4-5-9-14-11-7-3-2-6-10(11)12/h2-3,6-7,13H,4-5,8-9H2,1H3/p+1. The molecule has 0 aliphatic heterocycles. The Balaban J connectivity index is 2.21. The van der Waals surface area contributed by atoms with Crippen LogP contribution in [0.3, 0.4) is 0 Å². The molecule has 0 aliphatic rings. The van der Waals surface area contributed by atoms with E-state index in [4.69, 9.17) is 4.74 Å². The molecule has 0 amide bonds. The molecule has 1 aromatic rings.